The molecule has 0 spiro atoms. The molecule has 2 aromatic carbocycles. The molecule has 0 unspecified atom stereocenters. The molecule has 1 aliphatic heterocycles. The molecule has 0 bridgehead atoms. The lowest BCUT2D eigenvalue weighted by atomic mass is 10.0. The fraction of sp³-hybridized carbons (Fsp3) is 0.250. The van der Waals surface area contributed by atoms with Gasteiger partial charge in [0.15, 0.2) is 0 Å². The van der Waals surface area contributed by atoms with Gasteiger partial charge in [0, 0.05) is 13.0 Å². The van der Waals surface area contributed by atoms with Gasteiger partial charge >= 0.3 is 0 Å². The third kappa shape index (κ3) is 2.18. The van der Waals surface area contributed by atoms with Crippen LogP contribution in [0.2, 0.25) is 0 Å². The van der Waals surface area contributed by atoms with Gasteiger partial charge in [0.25, 0.3) is 5.91 Å². The number of carbonyl (C=O) groups excluding carboxylic acids is 2. The number of fused-ring (bicyclic) bond motifs is 1. The number of hydrogen-bond donors (Lipinski definition) is 0. The van der Waals surface area contributed by atoms with Crippen molar-refractivity contribution in [2.24, 2.45) is 0 Å². The summed E-state index contributed by atoms with van der Waals surface area (Å²) in [6.45, 7) is 0.478. The summed E-state index contributed by atoms with van der Waals surface area (Å²) < 4.78 is 0. The van der Waals surface area contributed by atoms with Gasteiger partial charge in [-0.1, -0.05) is 42.5 Å². The van der Waals surface area contributed by atoms with Crippen LogP contribution < -0.4 is 0 Å². The summed E-state index contributed by atoms with van der Waals surface area (Å²) in [5.41, 5.74) is 0.759. The molecule has 0 radical (unpaired) electrons. The van der Waals surface area contributed by atoms with Gasteiger partial charge in [0.2, 0.25) is 5.91 Å². The molecule has 1 heterocycles. The molecule has 1 aliphatic rings. The molecule has 0 N–H and O–H groups in total. The predicted molar refractivity (Wildman–Crippen MR) is 78.5 cm³/mol. The van der Waals surface area contributed by atoms with Crippen molar-refractivity contribution in [2.45, 2.75) is 18.2 Å². The Balaban J connectivity index is 1.98. The highest BCUT2D eigenvalue weighted by atomic mass is 35.5. The quantitative estimate of drug-likeness (QED) is 0.795. The molecule has 2 amide bonds. The molecule has 0 aromatic heterocycles. The minimum atomic E-state index is -0.817. The maximum absolute atomic E-state index is 12.4. The van der Waals surface area contributed by atoms with E-state index in [1.165, 1.54) is 4.90 Å². The monoisotopic (exact) mass is 287 g/mol. The van der Waals surface area contributed by atoms with Crippen molar-refractivity contribution < 1.29 is 9.59 Å². The number of carbonyl (C=O) groups is 2. The Kier molecular flexibility index (Phi) is 3.45. The lowest BCUT2D eigenvalue weighted by Gasteiger charge is -2.18. The largest absolute Gasteiger partial charge is 0.281 e. The van der Waals surface area contributed by atoms with Crippen LogP contribution in [0.1, 0.15) is 23.8 Å². The van der Waals surface area contributed by atoms with Crippen molar-refractivity contribution in [3.63, 3.8) is 0 Å². The van der Waals surface area contributed by atoms with E-state index in [-0.39, 0.29) is 11.8 Å². The van der Waals surface area contributed by atoms with E-state index in [9.17, 15) is 9.59 Å². The number of amides is 2. The topological polar surface area (TPSA) is 37.4 Å². The Hall–Kier alpha value is -1.87. The van der Waals surface area contributed by atoms with E-state index in [1.807, 2.05) is 42.5 Å². The van der Waals surface area contributed by atoms with Gasteiger partial charge < -0.3 is 0 Å². The van der Waals surface area contributed by atoms with Gasteiger partial charge in [-0.3, -0.25) is 14.5 Å². The molecule has 1 fully saturated rings. The van der Waals surface area contributed by atoms with E-state index in [1.54, 1.807) is 0 Å². The Morgan fingerprint density at radius 1 is 1.15 bits per heavy atom. The second-order valence-electron chi connectivity index (χ2n) is 4.92. The third-order valence-electron chi connectivity index (χ3n) is 3.65. The average molecular weight is 288 g/mol. The Morgan fingerprint density at radius 3 is 2.65 bits per heavy atom. The second kappa shape index (κ2) is 5.25. The first-order chi connectivity index (χ1) is 9.68. The number of halogens is 1. The first kappa shape index (κ1) is 13.1. The predicted octanol–water partition coefficient (Wildman–Crippen LogP) is 3.27. The average Bonchev–Trinajstić information content (AvgIpc) is 2.91. The summed E-state index contributed by atoms with van der Waals surface area (Å²) in [6, 6.07) is 13.5. The number of likely N-dealkylation sites (tertiary alicyclic amines) is 1. The van der Waals surface area contributed by atoms with E-state index in [2.05, 4.69) is 0 Å². The Bertz CT molecular complexity index is 678. The summed E-state index contributed by atoms with van der Waals surface area (Å²) in [7, 11) is 0. The minimum absolute atomic E-state index is 0.124. The van der Waals surface area contributed by atoms with Gasteiger partial charge in [-0.25, -0.2) is 0 Å². The molecule has 0 aliphatic carbocycles. The van der Waals surface area contributed by atoms with Crippen LogP contribution in [-0.4, -0.2) is 23.3 Å². The van der Waals surface area contributed by atoms with Gasteiger partial charge in [-0.15, -0.1) is 11.6 Å². The minimum Gasteiger partial charge on any atom is -0.281 e. The SMILES string of the molecule is O=C1CCCN1C(=O)[C@H](Cl)c1cccc2ccccc12. The maximum atomic E-state index is 12.4. The van der Waals surface area contributed by atoms with Gasteiger partial charge in [0.1, 0.15) is 5.38 Å². The van der Waals surface area contributed by atoms with Crippen LogP contribution in [0.15, 0.2) is 42.5 Å². The summed E-state index contributed by atoms with van der Waals surface area (Å²) in [5, 5.41) is 1.18. The van der Waals surface area contributed by atoms with Crippen LogP contribution >= 0.6 is 11.6 Å². The molecule has 1 saturated heterocycles. The second-order valence-corrected chi connectivity index (χ2v) is 5.35. The molecule has 3 nitrogen and oxygen atoms in total. The van der Waals surface area contributed by atoms with E-state index in [4.69, 9.17) is 11.6 Å². The van der Waals surface area contributed by atoms with Crippen molar-refractivity contribution in [3.05, 3.63) is 48.0 Å². The summed E-state index contributed by atoms with van der Waals surface area (Å²) in [6.07, 6.45) is 1.16. The highest BCUT2D eigenvalue weighted by Crippen LogP contribution is 2.31. The zero-order valence-electron chi connectivity index (χ0n) is 10.9. The van der Waals surface area contributed by atoms with Crippen LogP contribution in [0, 0.1) is 0 Å². The Labute approximate surface area is 122 Å². The smallest absolute Gasteiger partial charge is 0.251 e. The first-order valence-corrected chi connectivity index (χ1v) is 7.08. The van der Waals surface area contributed by atoms with Crippen molar-refractivity contribution in [1.29, 1.82) is 0 Å². The van der Waals surface area contributed by atoms with Crippen LogP contribution in [0.4, 0.5) is 0 Å². The van der Waals surface area contributed by atoms with Crippen LogP contribution in [0.3, 0.4) is 0 Å². The van der Waals surface area contributed by atoms with E-state index in [0.717, 1.165) is 22.8 Å². The lowest BCUT2D eigenvalue weighted by molar-refractivity contribution is -0.141. The highest BCUT2D eigenvalue weighted by molar-refractivity contribution is 6.32. The van der Waals surface area contributed by atoms with Crippen molar-refractivity contribution >= 4 is 34.2 Å². The summed E-state index contributed by atoms with van der Waals surface area (Å²) in [5.74, 6) is -0.439. The number of alkyl halides is 1. The standard InChI is InChI=1S/C16H14ClNO2/c17-15(16(20)18-10-4-9-14(18)19)13-8-3-6-11-5-1-2-7-12(11)13/h1-3,5-8,15H,4,9-10H2/t15-/m1/s1. The fourth-order valence-corrected chi connectivity index (χ4v) is 2.93. The first-order valence-electron chi connectivity index (χ1n) is 6.64. The summed E-state index contributed by atoms with van der Waals surface area (Å²) in [4.78, 5) is 25.3. The zero-order chi connectivity index (χ0) is 14.1. The number of nitrogens with zero attached hydrogens (tertiary/aromatic N) is 1. The van der Waals surface area contributed by atoms with E-state index >= 15 is 0 Å². The summed E-state index contributed by atoms with van der Waals surface area (Å²) >= 11 is 6.34. The number of hydrogen-bond acceptors (Lipinski definition) is 2. The molecule has 3 rings (SSSR count). The number of imide groups is 1. The van der Waals surface area contributed by atoms with Crippen molar-refractivity contribution in [3.8, 4) is 0 Å². The normalized spacial score (nSPS) is 16.6. The molecule has 2 aromatic rings. The highest BCUT2D eigenvalue weighted by Gasteiger charge is 2.32. The van der Waals surface area contributed by atoms with E-state index in [0.29, 0.717) is 13.0 Å². The molecule has 20 heavy (non-hydrogen) atoms. The molecular formula is C16H14ClNO2. The molecular weight excluding hydrogens is 274 g/mol. The van der Waals surface area contributed by atoms with Crippen molar-refractivity contribution in [1.82, 2.24) is 4.90 Å². The number of benzene rings is 2. The number of rotatable bonds is 2. The van der Waals surface area contributed by atoms with Gasteiger partial charge in [-0.2, -0.15) is 0 Å². The Morgan fingerprint density at radius 2 is 1.90 bits per heavy atom. The molecule has 4 heteroatoms. The lowest BCUT2D eigenvalue weighted by Crippen LogP contribution is -2.34. The van der Waals surface area contributed by atoms with Crippen molar-refractivity contribution in [2.75, 3.05) is 6.54 Å². The maximum Gasteiger partial charge on any atom is 0.251 e. The zero-order valence-corrected chi connectivity index (χ0v) is 11.6. The van der Waals surface area contributed by atoms with Gasteiger partial charge in [0.05, 0.1) is 0 Å². The third-order valence-corrected chi connectivity index (χ3v) is 4.07. The van der Waals surface area contributed by atoms with Crippen LogP contribution in [0.25, 0.3) is 10.8 Å². The van der Waals surface area contributed by atoms with Crippen LogP contribution in [-0.2, 0) is 9.59 Å². The molecule has 1 atom stereocenters. The molecule has 102 valence electrons. The van der Waals surface area contributed by atoms with Crippen LogP contribution in [0.5, 0.6) is 0 Å². The van der Waals surface area contributed by atoms with Gasteiger partial charge in [-0.05, 0) is 22.8 Å². The molecule has 0 saturated carbocycles. The fourth-order valence-electron chi connectivity index (χ4n) is 2.62. The van der Waals surface area contributed by atoms with E-state index < -0.39 is 5.38 Å².